The number of rotatable bonds is 3. The summed E-state index contributed by atoms with van der Waals surface area (Å²) in [6.07, 6.45) is 9.19. The summed E-state index contributed by atoms with van der Waals surface area (Å²) in [5.74, 6) is 1.78. The second kappa shape index (κ2) is 5.70. The fourth-order valence-corrected chi connectivity index (χ4v) is 3.14. The first-order chi connectivity index (χ1) is 9.74. The van der Waals surface area contributed by atoms with Crippen molar-refractivity contribution in [1.29, 1.82) is 0 Å². The zero-order valence-corrected chi connectivity index (χ0v) is 12.3. The number of aryl methyl sites for hydroxylation is 1. The number of nitrogens with zero attached hydrogens (tertiary/aromatic N) is 2. The Morgan fingerprint density at radius 3 is 2.85 bits per heavy atom. The van der Waals surface area contributed by atoms with Gasteiger partial charge in [-0.3, -0.25) is 0 Å². The third-order valence-electron chi connectivity index (χ3n) is 4.41. The number of hydrogen-bond acceptors (Lipinski definition) is 2. The number of anilines is 1. The quantitative estimate of drug-likeness (QED) is 0.910. The van der Waals surface area contributed by atoms with Crippen molar-refractivity contribution in [3.63, 3.8) is 0 Å². The van der Waals surface area contributed by atoms with Gasteiger partial charge in [0.05, 0.1) is 0 Å². The molecule has 0 aliphatic heterocycles. The number of benzene rings is 1. The lowest BCUT2D eigenvalue weighted by Gasteiger charge is -2.30. The van der Waals surface area contributed by atoms with E-state index in [2.05, 4.69) is 46.1 Å². The van der Waals surface area contributed by atoms with Gasteiger partial charge in [-0.25, -0.2) is 4.98 Å². The SMILES string of the molecule is C[C@H]1CCCC[C@H]1Nc1cccc(-c2nccn2C)c1. The molecular formula is C17H23N3. The molecule has 1 aliphatic rings. The molecule has 1 N–H and O–H groups in total. The Morgan fingerprint density at radius 1 is 1.25 bits per heavy atom. The normalized spacial score (nSPS) is 22.7. The highest BCUT2D eigenvalue weighted by molar-refractivity contribution is 5.63. The van der Waals surface area contributed by atoms with Crippen molar-refractivity contribution < 1.29 is 0 Å². The summed E-state index contributed by atoms with van der Waals surface area (Å²) in [6.45, 7) is 2.36. The van der Waals surface area contributed by atoms with Crippen LogP contribution >= 0.6 is 0 Å². The predicted molar refractivity (Wildman–Crippen MR) is 83.7 cm³/mol. The maximum atomic E-state index is 4.42. The monoisotopic (exact) mass is 269 g/mol. The zero-order chi connectivity index (χ0) is 13.9. The maximum Gasteiger partial charge on any atom is 0.139 e. The standard InChI is InChI=1S/C17H23N3/c1-13-6-3-4-9-16(13)19-15-8-5-7-14(12-15)17-18-10-11-20(17)2/h5,7-8,10-13,16,19H,3-4,6,9H2,1-2H3/t13-,16+/m0/s1. The Morgan fingerprint density at radius 2 is 2.10 bits per heavy atom. The molecule has 2 atom stereocenters. The van der Waals surface area contributed by atoms with Gasteiger partial charge in [0.25, 0.3) is 0 Å². The summed E-state index contributed by atoms with van der Waals surface area (Å²) in [4.78, 5) is 4.42. The van der Waals surface area contributed by atoms with Crippen LogP contribution in [0.15, 0.2) is 36.7 Å². The second-order valence-electron chi connectivity index (χ2n) is 5.96. The Balaban J connectivity index is 1.79. The van der Waals surface area contributed by atoms with Crippen LogP contribution in [0.4, 0.5) is 5.69 Å². The first-order valence-corrected chi connectivity index (χ1v) is 7.58. The minimum Gasteiger partial charge on any atom is -0.382 e. The van der Waals surface area contributed by atoms with E-state index in [0.717, 1.165) is 11.7 Å². The molecule has 106 valence electrons. The van der Waals surface area contributed by atoms with Crippen molar-refractivity contribution in [2.24, 2.45) is 13.0 Å². The van der Waals surface area contributed by atoms with Crippen LogP contribution in [0.2, 0.25) is 0 Å². The van der Waals surface area contributed by atoms with Crippen LogP contribution in [0.5, 0.6) is 0 Å². The Bertz CT molecular complexity index is 573. The van der Waals surface area contributed by atoms with Crippen LogP contribution in [0.1, 0.15) is 32.6 Å². The highest BCUT2D eigenvalue weighted by Gasteiger charge is 2.20. The first kappa shape index (κ1) is 13.2. The lowest BCUT2D eigenvalue weighted by atomic mass is 9.86. The van der Waals surface area contributed by atoms with Gasteiger partial charge in [-0.1, -0.05) is 31.9 Å². The van der Waals surface area contributed by atoms with Gasteiger partial charge in [-0.05, 0) is 30.9 Å². The molecule has 0 spiro atoms. The Labute approximate surface area is 121 Å². The Kier molecular flexibility index (Phi) is 3.77. The highest BCUT2D eigenvalue weighted by Crippen LogP contribution is 2.28. The maximum absolute atomic E-state index is 4.42. The van der Waals surface area contributed by atoms with Crippen LogP contribution in [0.3, 0.4) is 0 Å². The van der Waals surface area contributed by atoms with Crippen molar-refractivity contribution in [1.82, 2.24) is 9.55 Å². The van der Waals surface area contributed by atoms with E-state index in [9.17, 15) is 0 Å². The third-order valence-corrected chi connectivity index (χ3v) is 4.41. The molecule has 3 rings (SSSR count). The largest absolute Gasteiger partial charge is 0.382 e. The molecule has 0 unspecified atom stereocenters. The van der Waals surface area contributed by atoms with E-state index in [0.29, 0.717) is 6.04 Å². The van der Waals surface area contributed by atoms with Crippen molar-refractivity contribution in [2.75, 3.05) is 5.32 Å². The molecule has 20 heavy (non-hydrogen) atoms. The summed E-state index contributed by atoms with van der Waals surface area (Å²) in [7, 11) is 2.03. The van der Waals surface area contributed by atoms with E-state index in [1.807, 2.05) is 19.4 Å². The molecule has 0 amide bonds. The van der Waals surface area contributed by atoms with Gasteiger partial charge in [0.1, 0.15) is 5.82 Å². The fourth-order valence-electron chi connectivity index (χ4n) is 3.14. The molecule has 1 heterocycles. The lowest BCUT2D eigenvalue weighted by molar-refractivity contribution is 0.349. The summed E-state index contributed by atoms with van der Waals surface area (Å²) in [6, 6.07) is 9.22. The minimum atomic E-state index is 0.611. The number of imidazole rings is 1. The molecule has 1 saturated carbocycles. The van der Waals surface area contributed by atoms with E-state index in [1.165, 1.54) is 36.9 Å². The molecule has 1 aromatic carbocycles. The van der Waals surface area contributed by atoms with Gasteiger partial charge in [-0.2, -0.15) is 0 Å². The van der Waals surface area contributed by atoms with Gasteiger partial charge in [-0.15, -0.1) is 0 Å². The van der Waals surface area contributed by atoms with E-state index >= 15 is 0 Å². The Hall–Kier alpha value is -1.77. The molecule has 1 fully saturated rings. The number of nitrogens with one attached hydrogen (secondary N) is 1. The molecule has 1 aromatic heterocycles. The minimum absolute atomic E-state index is 0.611. The van der Waals surface area contributed by atoms with E-state index in [4.69, 9.17) is 0 Å². The molecule has 0 radical (unpaired) electrons. The zero-order valence-electron chi connectivity index (χ0n) is 12.3. The first-order valence-electron chi connectivity index (χ1n) is 7.58. The predicted octanol–water partition coefficient (Wildman–Crippen LogP) is 4.08. The van der Waals surface area contributed by atoms with E-state index < -0.39 is 0 Å². The number of hydrogen-bond donors (Lipinski definition) is 1. The third kappa shape index (κ3) is 2.72. The van der Waals surface area contributed by atoms with Gasteiger partial charge < -0.3 is 9.88 Å². The fraction of sp³-hybridized carbons (Fsp3) is 0.471. The van der Waals surface area contributed by atoms with Crippen molar-refractivity contribution in [2.45, 2.75) is 38.6 Å². The van der Waals surface area contributed by atoms with Crippen LogP contribution in [-0.2, 0) is 7.05 Å². The lowest BCUT2D eigenvalue weighted by Crippen LogP contribution is -2.30. The van der Waals surface area contributed by atoms with Gasteiger partial charge in [0.15, 0.2) is 0 Å². The molecular weight excluding hydrogens is 246 g/mol. The van der Waals surface area contributed by atoms with Crippen molar-refractivity contribution in [3.05, 3.63) is 36.7 Å². The summed E-state index contributed by atoms with van der Waals surface area (Å²) < 4.78 is 2.06. The summed E-state index contributed by atoms with van der Waals surface area (Å²) in [5.41, 5.74) is 2.38. The van der Waals surface area contributed by atoms with Gasteiger partial charge in [0.2, 0.25) is 0 Å². The molecule has 1 aliphatic carbocycles. The smallest absolute Gasteiger partial charge is 0.139 e. The number of aromatic nitrogens is 2. The van der Waals surface area contributed by atoms with E-state index in [-0.39, 0.29) is 0 Å². The summed E-state index contributed by atoms with van der Waals surface area (Å²) >= 11 is 0. The molecule has 0 saturated heterocycles. The van der Waals surface area contributed by atoms with Crippen molar-refractivity contribution >= 4 is 5.69 Å². The van der Waals surface area contributed by atoms with Crippen LogP contribution in [0.25, 0.3) is 11.4 Å². The molecule has 2 aromatic rings. The van der Waals surface area contributed by atoms with Crippen LogP contribution in [-0.4, -0.2) is 15.6 Å². The van der Waals surface area contributed by atoms with Gasteiger partial charge in [0, 0.05) is 36.7 Å². The van der Waals surface area contributed by atoms with E-state index in [1.54, 1.807) is 0 Å². The van der Waals surface area contributed by atoms with Crippen LogP contribution in [0, 0.1) is 5.92 Å². The summed E-state index contributed by atoms with van der Waals surface area (Å²) in [5, 5.41) is 3.72. The highest BCUT2D eigenvalue weighted by atomic mass is 15.0. The van der Waals surface area contributed by atoms with Crippen LogP contribution < -0.4 is 5.32 Å². The second-order valence-corrected chi connectivity index (χ2v) is 5.96. The molecule has 0 bridgehead atoms. The molecule has 3 nitrogen and oxygen atoms in total. The molecule has 3 heteroatoms. The topological polar surface area (TPSA) is 29.9 Å². The van der Waals surface area contributed by atoms with Gasteiger partial charge >= 0.3 is 0 Å². The average molecular weight is 269 g/mol. The van der Waals surface area contributed by atoms with Crippen molar-refractivity contribution in [3.8, 4) is 11.4 Å². The average Bonchev–Trinajstić information content (AvgIpc) is 2.88.